The maximum absolute atomic E-state index is 12.4. The first-order chi connectivity index (χ1) is 16.9. The first kappa shape index (κ1) is 32.1. The highest BCUT2D eigenvalue weighted by Crippen LogP contribution is 2.20. The molecule has 1 aromatic rings. The molecule has 0 fully saturated rings. The number of hydrogen-bond acceptors (Lipinski definition) is 8. The normalized spacial score (nSPS) is 10.9. The molecule has 0 radical (unpaired) electrons. The molecule has 0 atom stereocenters. The number of aliphatic carboxylic acids is 1. The van der Waals surface area contributed by atoms with Gasteiger partial charge >= 0.3 is 5.97 Å². The van der Waals surface area contributed by atoms with Crippen molar-refractivity contribution >= 4 is 69.2 Å². The predicted octanol–water partition coefficient (Wildman–Crippen LogP) is 7.39. The van der Waals surface area contributed by atoms with Gasteiger partial charge in [-0.2, -0.15) is 12.6 Å². The number of carbonyl (C=O) groups excluding carboxylic acids is 3. The van der Waals surface area contributed by atoms with Gasteiger partial charge in [-0.25, -0.2) is 0 Å². The molecule has 1 rings (SSSR count). The number of rotatable bonds is 20. The third-order valence-corrected chi connectivity index (χ3v) is 8.51. The highest BCUT2D eigenvalue weighted by Gasteiger charge is 2.10. The topological polar surface area (TPSA) is 88.5 Å². The van der Waals surface area contributed by atoms with Gasteiger partial charge in [0.1, 0.15) is 0 Å². The van der Waals surface area contributed by atoms with Crippen LogP contribution in [0.5, 0.6) is 0 Å². The first-order valence-electron chi connectivity index (χ1n) is 12.4. The Morgan fingerprint density at radius 2 is 1.03 bits per heavy atom. The summed E-state index contributed by atoms with van der Waals surface area (Å²) < 4.78 is 0. The van der Waals surface area contributed by atoms with Crippen molar-refractivity contribution in [2.75, 3.05) is 23.0 Å². The maximum atomic E-state index is 12.4. The molecule has 1 N–H and O–H groups in total. The standard InChI is InChI=1S/C26H38O5S4/c27-23(28)11-5-6-12-24(29)33-18-8-3-4-10-20-35-26(31)22-15-13-21(14-16-22)25(30)34-19-9-2-1-7-17-32/h13-16,32H,1-12,17-20H2,(H,27,28). The van der Waals surface area contributed by atoms with Crippen LogP contribution < -0.4 is 0 Å². The molecule has 35 heavy (non-hydrogen) atoms. The van der Waals surface area contributed by atoms with E-state index < -0.39 is 5.97 Å². The lowest BCUT2D eigenvalue weighted by molar-refractivity contribution is -0.137. The lowest BCUT2D eigenvalue weighted by Gasteiger charge is -2.04. The number of unbranched alkanes of at least 4 members (excludes halogenated alkanes) is 7. The number of hydrogen-bond donors (Lipinski definition) is 2. The molecule has 0 saturated carbocycles. The summed E-state index contributed by atoms with van der Waals surface area (Å²) in [6.45, 7) is 0. The van der Waals surface area contributed by atoms with Crippen LogP contribution in [0, 0.1) is 0 Å². The van der Waals surface area contributed by atoms with E-state index in [0.29, 0.717) is 30.4 Å². The molecule has 5 nitrogen and oxygen atoms in total. The molecule has 1 aromatic carbocycles. The van der Waals surface area contributed by atoms with Crippen molar-refractivity contribution in [1.82, 2.24) is 0 Å². The van der Waals surface area contributed by atoms with E-state index in [4.69, 9.17) is 5.11 Å². The summed E-state index contributed by atoms with van der Waals surface area (Å²) in [7, 11) is 0. The van der Waals surface area contributed by atoms with Crippen molar-refractivity contribution < 1.29 is 24.3 Å². The molecule has 0 bridgehead atoms. The second-order valence-electron chi connectivity index (χ2n) is 8.22. The molecule has 0 unspecified atom stereocenters. The Bertz CT molecular complexity index is 768. The van der Waals surface area contributed by atoms with Crippen LogP contribution in [0.25, 0.3) is 0 Å². The van der Waals surface area contributed by atoms with Crippen molar-refractivity contribution in [2.45, 2.75) is 77.0 Å². The van der Waals surface area contributed by atoms with E-state index in [9.17, 15) is 19.2 Å². The Labute approximate surface area is 228 Å². The van der Waals surface area contributed by atoms with Gasteiger partial charge in [0.15, 0.2) is 5.12 Å². The summed E-state index contributed by atoms with van der Waals surface area (Å²) in [5, 5.41) is 8.81. The van der Waals surface area contributed by atoms with Gasteiger partial charge in [0.2, 0.25) is 10.2 Å². The minimum absolute atomic E-state index is 0.0323. The van der Waals surface area contributed by atoms with Crippen LogP contribution in [0.3, 0.4) is 0 Å². The Morgan fingerprint density at radius 3 is 1.49 bits per heavy atom. The average Bonchev–Trinajstić information content (AvgIpc) is 2.85. The van der Waals surface area contributed by atoms with Crippen LogP contribution in [0.2, 0.25) is 0 Å². The monoisotopic (exact) mass is 558 g/mol. The lowest BCUT2D eigenvalue weighted by atomic mass is 10.2. The van der Waals surface area contributed by atoms with Crippen LogP contribution in [0.15, 0.2) is 24.3 Å². The fourth-order valence-electron chi connectivity index (χ4n) is 3.17. The highest BCUT2D eigenvalue weighted by atomic mass is 32.2. The quantitative estimate of drug-likeness (QED) is 0.126. The minimum Gasteiger partial charge on any atom is -0.481 e. The zero-order chi connectivity index (χ0) is 25.7. The van der Waals surface area contributed by atoms with Gasteiger partial charge in [-0.15, -0.1) is 0 Å². The van der Waals surface area contributed by atoms with E-state index in [1.807, 2.05) is 0 Å². The summed E-state index contributed by atoms with van der Waals surface area (Å²) >= 11 is 8.20. The minimum atomic E-state index is -0.814. The van der Waals surface area contributed by atoms with E-state index >= 15 is 0 Å². The maximum Gasteiger partial charge on any atom is 0.303 e. The zero-order valence-corrected chi connectivity index (χ0v) is 23.7. The molecule has 0 aliphatic rings. The Hall–Kier alpha value is -0.900. The highest BCUT2D eigenvalue weighted by molar-refractivity contribution is 8.14. The molecule has 0 spiro atoms. The Kier molecular flexibility index (Phi) is 19.5. The molecule has 0 aromatic heterocycles. The molecular formula is C26H38O5S4. The summed E-state index contributed by atoms with van der Waals surface area (Å²) in [6, 6.07) is 6.97. The third-order valence-electron chi connectivity index (χ3n) is 5.20. The summed E-state index contributed by atoms with van der Waals surface area (Å²) in [4.78, 5) is 46.8. The van der Waals surface area contributed by atoms with Crippen LogP contribution in [0.4, 0.5) is 0 Å². The van der Waals surface area contributed by atoms with E-state index in [-0.39, 0.29) is 21.8 Å². The number of thiol groups is 1. The number of carboxylic acid groups (broad SMARTS) is 1. The van der Waals surface area contributed by atoms with Gasteiger partial charge < -0.3 is 5.11 Å². The molecule has 0 aliphatic heterocycles. The van der Waals surface area contributed by atoms with Crippen molar-refractivity contribution in [3.05, 3.63) is 35.4 Å². The first-order valence-corrected chi connectivity index (χ1v) is 16.0. The van der Waals surface area contributed by atoms with E-state index in [2.05, 4.69) is 12.6 Å². The van der Waals surface area contributed by atoms with Crippen molar-refractivity contribution in [3.8, 4) is 0 Å². The molecule has 0 saturated heterocycles. The molecule has 0 amide bonds. The van der Waals surface area contributed by atoms with Crippen molar-refractivity contribution in [3.63, 3.8) is 0 Å². The van der Waals surface area contributed by atoms with Gasteiger partial charge in [0.25, 0.3) is 0 Å². The summed E-state index contributed by atoms with van der Waals surface area (Å²) in [6.07, 6.45) is 10.2. The lowest BCUT2D eigenvalue weighted by Crippen LogP contribution is -1.99. The fourth-order valence-corrected chi connectivity index (χ4v) is 5.93. The smallest absolute Gasteiger partial charge is 0.303 e. The van der Waals surface area contributed by atoms with Gasteiger partial charge in [0.05, 0.1) is 0 Å². The molecule has 0 aliphatic carbocycles. The second-order valence-corrected chi connectivity index (χ2v) is 12.0. The molecular weight excluding hydrogens is 521 g/mol. The number of benzene rings is 1. The SMILES string of the molecule is O=C(O)CCCCC(=O)SCCCCCCSC(=O)c1ccc(C(=O)SCCCCCCS)cc1. The van der Waals surface area contributed by atoms with Crippen LogP contribution in [-0.2, 0) is 9.59 Å². The summed E-state index contributed by atoms with van der Waals surface area (Å²) in [5.41, 5.74) is 1.27. The van der Waals surface area contributed by atoms with Crippen molar-refractivity contribution in [2.24, 2.45) is 0 Å². The number of carbonyl (C=O) groups is 4. The fraction of sp³-hybridized carbons (Fsp3) is 0.615. The van der Waals surface area contributed by atoms with Gasteiger partial charge in [0, 0.05) is 41.2 Å². The van der Waals surface area contributed by atoms with Crippen LogP contribution in [-0.4, -0.2) is 49.4 Å². The Balaban J connectivity index is 2.08. The molecule has 0 heterocycles. The van der Waals surface area contributed by atoms with Crippen molar-refractivity contribution in [1.29, 1.82) is 0 Å². The largest absolute Gasteiger partial charge is 0.481 e. The Morgan fingerprint density at radius 1 is 0.600 bits per heavy atom. The zero-order valence-electron chi connectivity index (χ0n) is 20.4. The number of carboxylic acids is 1. The van der Waals surface area contributed by atoms with E-state index in [1.165, 1.54) is 35.3 Å². The summed E-state index contributed by atoms with van der Waals surface area (Å²) in [5.74, 6) is 2.48. The third kappa shape index (κ3) is 17.2. The predicted molar refractivity (Wildman–Crippen MR) is 154 cm³/mol. The van der Waals surface area contributed by atoms with E-state index in [0.717, 1.165) is 74.4 Å². The van der Waals surface area contributed by atoms with E-state index in [1.54, 1.807) is 24.3 Å². The van der Waals surface area contributed by atoms with Crippen LogP contribution >= 0.6 is 47.9 Å². The van der Waals surface area contributed by atoms with Gasteiger partial charge in [-0.3, -0.25) is 19.2 Å². The molecule has 9 heteroatoms. The van der Waals surface area contributed by atoms with Gasteiger partial charge in [-0.05, 0) is 68.5 Å². The second kappa shape index (κ2) is 21.2. The van der Waals surface area contributed by atoms with Gasteiger partial charge in [-0.1, -0.05) is 61.0 Å². The molecule has 196 valence electrons. The number of thioether (sulfide) groups is 3. The van der Waals surface area contributed by atoms with Crippen LogP contribution in [0.1, 0.15) is 97.8 Å². The average molecular weight is 559 g/mol.